The monoisotopic (exact) mass is 421 g/mol. The Balaban J connectivity index is 1.53. The van der Waals surface area contributed by atoms with Crippen molar-refractivity contribution in [2.45, 2.75) is 19.5 Å². The van der Waals surface area contributed by atoms with Gasteiger partial charge in [0, 0.05) is 28.5 Å². The summed E-state index contributed by atoms with van der Waals surface area (Å²) in [5.41, 5.74) is 0.787. The first-order valence-corrected chi connectivity index (χ1v) is 9.08. The van der Waals surface area contributed by atoms with Gasteiger partial charge in [-0.1, -0.05) is 0 Å². The van der Waals surface area contributed by atoms with Crippen LogP contribution in [0.25, 0.3) is 21.8 Å². The van der Waals surface area contributed by atoms with Crippen molar-refractivity contribution < 1.29 is 26.7 Å². The van der Waals surface area contributed by atoms with Crippen LogP contribution in [0.5, 0.6) is 0 Å². The van der Waals surface area contributed by atoms with Crippen LogP contribution >= 0.6 is 0 Å². The van der Waals surface area contributed by atoms with Crippen LogP contribution in [0.1, 0.15) is 27.3 Å². The Morgan fingerprint density at radius 2 is 1.83 bits per heavy atom. The predicted octanol–water partition coefficient (Wildman–Crippen LogP) is 5.23. The van der Waals surface area contributed by atoms with Crippen LogP contribution in [0.4, 0.5) is 22.0 Å². The molecule has 0 spiro atoms. The van der Waals surface area contributed by atoms with Crippen molar-refractivity contribution >= 4 is 27.7 Å². The minimum Gasteiger partial charge on any atom is -0.356 e. The second-order valence-corrected chi connectivity index (χ2v) is 7.03. The van der Waals surface area contributed by atoms with Gasteiger partial charge in [0.2, 0.25) is 0 Å². The summed E-state index contributed by atoms with van der Waals surface area (Å²) in [6.45, 7) is 1.75. The molecule has 0 aliphatic rings. The Labute approximate surface area is 167 Å². The van der Waals surface area contributed by atoms with E-state index < -0.39 is 29.3 Å². The number of benzene rings is 2. The quantitative estimate of drug-likeness (QED) is 0.389. The molecule has 4 aromatic rings. The molecule has 0 saturated carbocycles. The average Bonchev–Trinajstić information content (AvgIpc) is 3.22. The molecule has 0 atom stereocenters. The molecule has 0 aliphatic heterocycles. The molecule has 4 rings (SSSR count). The molecule has 0 bridgehead atoms. The van der Waals surface area contributed by atoms with E-state index in [1.807, 2.05) is 0 Å². The summed E-state index contributed by atoms with van der Waals surface area (Å²) in [6, 6.07) is 6.96. The van der Waals surface area contributed by atoms with Crippen LogP contribution in [0.2, 0.25) is 0 Å². The normalized spacial score (nSPS) is 12.1. The van der Waals surface area contributed by atoms with Crippen molar-refractivity contribution in [2.75, 3.05) is 6.54 Å². The highest BCUT2D eigenvalue weighted by Gasteiger charge is 2.32. The lowest BCUT2D eigenvalue weighted by atomic mass is 10.0. The van der Waals surface area contributed by atoms with E-state index in [-0.39, 0.29) is 29.6 Å². The average molecular weight is 421 g/mol. The highest BCUT2D eigenvalue weighted by atomic mass is 19.4. The van der Waals surface area contributed by atoms with Gasteiger partial charge >= 0.3 is 6.18 Å². The third kappa shape index (κ3) is 3.62. The number of alkyl halides is 3. The van der Waals surface area contributed by atoms with Crippen molar-refractivity contribution in [3.05, 3.63) is 70.5 Å². The summed E-state index contributed by atoms with van der Waals surface area (Å²) in [6.07, 6.45) is -4.46. The Bertz CT molecular complexity index is 1270. The summed E-state index contributed by atoms with van der Waals surface area (Å²) in [5, 5.41) is 3.35. The minimum atomic E-state index is -4.67. The molecule has 0 radical (unpaired) electrons. The summed E-state index contributed by atoms with van der Waals surface area (Å²) in [7, 11) is 0. The molecule has 2 aromatic carbocycles. The van der Waals surface area contributed by atoms with E-state index in [4.69, 9.17) is 0 Å². The fourth-order valence-corrected chi connectivity index (χ4v) is 3.54. The summed E-state index contributed by atoms with van der Waals surface area (Å²) >= 11 is 0. The van der Waals surface area contributed by atoms with Crippen LogP contribution in [0, 0.1) is 18.6 Å². The lowest BCUT2D eigenvalue weighted by Crippen LogP contribution is -2.26. The second-order valence-electron chi connectivity index (χ2n) is 7.03. The largest absolute Gasteiger partial charge is 0.416 e. The number of fused-ring (bicyclic) bond motifs is 2. The molecule has 2 heterocycles. The lowest BCUT2D eigenvalue weighted by Gasteiger charge is -2.08. The minimum absolute atomic E-state index is 0.000490. The van der Waals surface area contributed by atoms with Gasteiger partial charge in [-0.2, -0.15) is 13.2 Å². The number of aromatic nitrogens is 2. The van der Waals surface area contributed by atoms with E-state index in [9.17, 15) is 26.7 Å². The van der Waals surface area contributed by atoms with Crippen LogP contribution in [0.3, 0.4) is 0 Å². The molecule has 0 fully saturated rings. The van der Waals surface area contributed by atoms with Crippen molar-refractivity contribution in [1.82, 2.24) is 15.3 Å². The summed E-state index contributed by atoms with van der Waals surface area (Å²) in [4.78, 5) is 18.0. The van der Waals surface area contributed by atoms with Gasteiger partial charge in [0.25, 0.3) is 5.91 Å². The third-order valence-electron chi connectivity index (χ3n) is 5.00. The topological polar surface area (TPSA) is 60.7 Å². The van der Waals surface area contributed by atoms with Gasteiger partial charge in [-0.05, 0) is 55.3 Å². The van der Waals surface area contributed by atoms with Crippen LogP contribution < -0.4 is 5.32 Å². The zero-order chi connectivity index (χ0) is 21.6. The number of aryl methyl sites for hydroxylation is 1. The summed E-state index contributed by atoms with van der Waals surface area (Å²) < 4.78 is 66.5. The molecule has 2 aromatic heterocycles. The number of hydrogen-bond donors (Lipinski definition) is 3. The first-order chi connectivity index (χ1) is 14.1. The third-order valence-corrected chi connectivity index (χ3v) is 5.00. The van der Waals surface area contributed by atoms with E-state index in [1.165, 1.54) is 24.3 Å². The Kier molecular flexibility index (Phi) is 4.76. The van der Waals surface area contributed by atoms with Crippen molar-refractivity contribution in [3.8, 4) is 0 Å². The maximum Gasteiger partial charge on any atom is 0.416 e. The molecule has 0 aliphatic carbocycles. The van der Waals surface area contributed by atoms with Crippen molar-refractivity contribution in [2.24, 2.45) is 0 Å². The van der Waals surface area contributed by atoms with E-state index in [2.05, 4.69) is 15.3 Å². The van der Waals surface area contributed by atoms with Crippen LogP contribution in [0.15, 0.2) is 36.4 Å². The number of nitrogens with one attached hydrogen (secondary N) is 3. The van der Waals surface area contributed by atoms with Gasteiger partial charge in [0.05, 0.1) is 11.1 Å². The molecule has 156 valence electrons. The molecule has 30 heavy (non-hydrogen) atoms. The predicted molar refractivity (Wildman–Crippen MR) is 102 cm³/mol. The second kappa shape index (κ2) is 7.16. The maximum atomic E-state index is 14.1. The number of aromatic amines is 2. The molecule has 4 nitrogen and oxygen atoms in total. The van der Waals surface area contributed by atoms with Gasteiger partial charge in [0.1, 0.15) is 17.3 Å². The first-order valence-electron chi connectivity index (χ1n) is 9.08. The molecule has 3 N–H and O–H groups in total. The van der Waals surface area contributed by atoms with E-state index in [0.717, 1.165) is 6.07 Å². The molecule has 9 heteroatoms. The first kappa shape index (κ1) is 19.9. The van der Waals surface area contributed by atoms with Gasteiger partial charge in [-0.15, -0.1) is 0 Å². The highest BCUT2D eigenvalue weighted by Crippen LogP contribution is 2.34. The number of hydrogen-bond acceptors (Lipinski definition) is 1. The fraction of sp³-hybridized carbons (Fsp3) is 0.190. The molecule has 0 saturated heterocycles. The maximum absolute atomic E-state index is 14.1. The SMILES string of the molecule is Cc1[nH]c2c(F)cc(C(F)(F)F)cc2c1CCNC(=O)c1cc2cc(F)ccc2[nH]1. The number of carbonyl (C=O) groups is 1. The van der Waals surface area contributed by atoms with Gasteiger partial charge in [-0.3, -0.25) is 4.79 Å². The van der Waals surface area contributed by atoms with E-state index in [1.54, 1.807) is 6.92 Å². The van der Waals surface area contributed by atoms with Gasteiger partial charge < -0.3 is 15.3 Å². The lowest BCUT2D eigenvalue weighted by molar-refractivity contribution is -0.137. The Morgan fingerprint density at radius 1 is 1.07 bits per heavy atom. The zero-order valence-electron chi connectivity index (χ0n) is 15.7. The molecule has 0 unspecified atom stereocenters. The molecule has 1 amide bonds. The van der Waals surface area contributed by atoms with Gasteiger partial charge in [-0.25, -0.2) is 8.78 Å². The number of halogens is 5. The summed E-state index contributed by atoms with van der Waals surface area (Å²) in [5.74, 6) is -1.84. The smallest absolute Gasteiger partial charge is 0.356 e. The molecular formula is C21H16F5N3O. The highest BCUT2D eigenvalue weighted by molar-refractivity contribution is 5.98. The van der Waals surface area contributed by atoms with Crippen LogP contribution in [-0.4, -0.2) is 22.4 Å². The van der Waals surface area contributed by atoms with Crippen LogP contribution in [-0.2, 0) is 12.6 Å². The number of rotatable bonds is 4. The number of carbonyl (C=O) groups excluding carboxylic acids is 1. The standard InChI is InChI=1S/C21H16F5N3O/c1-10-14(15-8-12(21(24,25)26)9-16(23)19(15)28-10)4-5-27-20(30)18-7-11-6-13(22)2-3-17(11)29-18/h2-3,6-9,28-29H,4-5H2,1H3,(H,27,30). The fourth-order valence-electron chi connectivity index (χ4n) is 3.54. The van der Waals surface area contributed by atoms with Crippen molar-refractivity contribution in [3.63, 3.8) is 0 Å². The zero-order valence-corrected chi connectivity index (χ0v) is 15.7. The molecular weight excluding hydrogens is 405 g/mol. The number of amides is 1. The van der Waals surface area contributed by atoms with Crippen molar-refractivity contribution in [1.29, 1.82) is 0 Å². The van der Waals surface area contributed by atoms with E-state index in [0.29, 0.717) is 28.2 Å². The Hall–Kier alpha value is -3.36. The van der Waals surface area contributed by atoms with Gasteiger partial charge in [0.15, 0.2) is 0 Å². The number of H-pyrrole nitrogens is 2. The van der Waals surface area contributed by atoms with E-state index >= 15 is 0 Å². The Morgan fingerprint density at radius 3 is 2.57 bits per heavy atom.